The van der Waals surface area contributed by atoms with Gasteiger partial charge in [-0.25, -0.2) is 9.37 Å². The number of amides is 1. The largest absolute Gasteiger partial charge is 0.477 e. The van der Waals surface area contributed by atoms with Crippen molar-refractivity contribution in [2.45, 2.75) is 39.1 Å². The van der Waals surface area contributed by atoms with Crippen molar-refractivity contribution in [1.82, 2.24) is 20.1 Å². The topological polar surface area (TPSA) is 113 Å². The molecule has 1 fully saturated rings. The third kappa shape index (κ3) is 3.75. The maximum absolute atomic E-state index is 15.2. The average molecular weight is 453 g/mol. The molecule has 172 valence electrons. The zero-order valence-corrected chi connectivity index (χ0v) is 18.4. The van der Waals surface area contributed by atoms with E-state index in [2.05, 4.69) is 15.2 Å². The first-order chi connectivity index (χ1) is 16.0. The maximum atomic E-state index is 15.2. The Morgan fingerprint density at radius 2 is 2.03 bits per heavy atom. The number of halogens is 1. The maximum Gasteiger partial charge on any atom is 0.257 e. The molecule has 9 nitrogen and oxygen atoms in total. The van der Waals surface area contributed by atoms with Crippen LogP contribution in [0.15, 0.2) is 24.3 Å². The number of morpholine rings is 1. The van der Waals surface area contributed by atoms with E-state index in [9.17, 15) is 4.79 Å². The van der Waals surface area contributed by atoms with E-state index in [0.29, 0.717) is 54.7 Å². The van der Waals surface area contributed by atoms with Crippen LogP contribution in [0.2, 0.25) is 0 Å². The highest BCUT2D eigenvalue weighted by atomic mass is 19.1. The van der Waals surface area contributed by atoms with Crippen molar-refractivity contribution in [1.29, 1.82) is 0 Å². The number of aromatic nitrogens is 3. The molecule has 2 atom stereocenters. The van der Waals surface area contributed by atoms with Gasteiger partial charge in [-0.3, -0.25) is 4.79 Å². The number of anilines is 1. The van der Waals surface area contributed by atoms with Crippen LogP contribution in [-0.4, -0.2) is 51.9 Å². The molecule has 2 aliphatic heterocycles. The van der Waals surface area contributed by atoms with Crippen LogP contribution in [-0.2, 0) is 22.7 Å². The summed E-state index contributed by atoms with van der Waals surface area (Å²) in [4.78, 5) is 19.6. The zero-order chi connectivity index (χ0) is 23.1. The number of rotatable bonds is 4. The molecule has 33 heavy (non-hydrogen) atoms. The lowest BCUT2D eigenvalue weighted by atomic mass is 10.00. The third-order valence-electron chi connectivity index (χ3n) is 6.02. The lowest BCUT2D eigenvalue weighted by molar-refractivity contribution is -0.0332. The molecule has 0 radical (unpaired) electrons. The van der Waals surface area contributed by atoms with Gasteiger partial charge < -0.3 is 24.8 Å². The Hall–Kier alpha value is -3.37. The van der Waals surface area contributed by atoms with Gasteiger partial charge in [0.25, 0.3) is 5.91 Å². The molecule has 1 aromatic carbocycles. The number of carbonyl (C=O) groups excluding carboxylic acids is 1. The Labute approximate surface area is 189 Å². The Morgan fingerprint density at radius 1 is 1.21 bits per heavy atom. The quantitative estimate of drug-likeness (QED) is 0.642. The summed E-state index contributed by atoms with van der Waals surface area (Å²) >= 11 is 0. The molecule has 3 aromatic rings. The van der Waals surface area contributed by atoms with Gasteiger partial charge in [0.15, 0.2) is 0 Å². The SMILES string of the molecule is CCOc1ccc([C@@H]2COC[C@H](C)N2C(=O)c2cc3c4c(c(N)nc3cc2F)COC4)nn1. The van der Waals surface area contributed by atoms with E-state index in [4.69, 9.17) is 19.9 Å². The van der Waals surface area contributed by atoms with Crippen molar-refractivity contribution in [2.24, 2.45) is 0 Å². The standard InChI is InChI=1S/C23H24FN5O4/c1-3-33-21-5-4-18(27-28-21)20-11-31-8-12(2)29(20)23(30)14-6-13-15-9-32-10-16(15)22(25)26-19(13)7-17(14)24/h4-7,12,20H,3,8-11H2,1-2H3,(H2,25,26)/t12-,20-/m0/s1. The molecule has 5 rings (SSSR count). The fourth-order valence-corrected chi connectivity index (χ4v) is 4.42. The molecule has 0 unspecified atom stereocenters. The Bertz CT molecular complexity index is 1220. The van der Waals surface area contributed by atoms with Crippen LogP contribution in [0, 0.1) is 5.82 Å². The summed E-state index contributed by atoms with van der Waals surface area (Å²) in [6, 6.07) is 5.45. The van der Waals surface area contributed by atoms with Gasteiger partial charge in [-0.1, -0.05) is 0 Å². The van der Waals surface area contributed by atoms with Gasteiger partial charge >= 0.3 is 0 Å². The minimum absolute atomic E-state index is 0.0409. The fraction of sp³-hybridized carbons (Fsp3) is 0.391. The number of carbonyl (C=O) groups is 1. The van der Waals surface area contributed by atoms with Crippen molar-refractivity contribution in [3.8, 4) is 5.88 Å². The summed E-state index contributed by atoms with van der Waals surface area (Å²) in [5.41, 5.74) is 8.54. The predicted molar refractivity (Wildman–Crippen MR) is 117 cm³/mol. The molecular weight excluding hydrogens is 429 g/mol. The van der Waals surface area contributed by atoms with Gasteiger partial charge in [0.1, 0.15) is 11.6 Å². The summed E-state index contributed by atoms with van der Waals surface area (Å²) in [5, 5.41) is 8.96. The lowest BCUT2D eigenvalue weighted by Crippen LogP contribution is -2.49. The number of ether oxygens (including phenoxy) is 3. The van der Waals surface area contributed by atoms with Crippen LogP contribution in [0.3, 0.4) is 0 Å². The predicted octanol–water partition coefficient (Wildman–Crippen LogP) is 2.78. The summed E-state index contributed by atoms with van der Waals surface area (Å²) in [6.07, 6.45) is 0. The van der Waals surface area contributed by atoms with E-state index in [1.54, 1.807) is 23.1 Å². The summed E-state index contributed by atoms with van der Waals surface area (Å²) in [5.74, 6) is -0.388. The van der Waals surface area contributed by atoms with Crippen LogP contribution < -0.4 is 10.5 Å². The van der Waals surface area contributed by atoms with Crippen LogP contribution in [0.1, 0.15) is 47.1 Å². The van der Waals surface area contributed by atoms with Crippen molar-refractivity contribution in [3.63, 3.8) is 0 Å². The molecule has 2 N–H and O–H groups in total. The molecule has 2 aliphatic rings. The van der Waals surface area contributed by atoms with Gasteiger partial charge in [-0.2, -0.15) is 0 Å². The van der Waals surface area contributed by atoms with Crippen LogP contribution >= 0.6 is 0 Å². The summed E-state index contributed by atoms with van der Waals surface area (Å²) in [7, 11) is 0. The van der Waals surface area contributed by atoms with Gasteiger partial charge in [0, 0.05) is 23.1 Å². The van der Waals surface area contributed by atoms with Gasteiger partial charge in [-0.15, -0.1) is 10.2 Å². The smallest absolute Gasteiger partial charge is 0.257 e. The van der Waals surface area contributed by atoms with Crippen molar-refractivity contribution in [2.75, 3.05) is 25.6 Å². The van der Waals surface area contributed by atoms with Crippen LogP contribution in [0.4, 0.5) is 10.2 Å². The number of nitrogens with zero attached hydrogens (tertiary/aromatic N) is 4. The first-order valence-corrected chi connectivity index (χ1v) is 10.8. The Morgan fingerprint density at radius 3 is 2.79 bits per heavy atom. The summed E-state index contributed by atoms with van der Waals surface area (Å²) in [6.45, 7) is 5.45. The number of benzene rings is 1. The highest BCUT2D eigenvalue weighted by Gasteiger charge is 2.36. The molecule has 0 bridgehead atoms. The molecule has 1 saturated heterocycles. The van der Waals surface area contributed by atoms with E-state index < -0.39 is 17.8 Å². The number of fused-ring (bicyclic) bond motifs is 3. The van der Waals surface area contributed by atoms with Gasteiger partial charge in [0.05, 0.1) is 61.9 Å². The molecule has 0 saturated carbocycles. The lowest BCUT2D eigenvalue weighted by Gasteiger charge is -2.40. The molecule has 4 heterocycles. The molecule has 0 aliphatic carbocycles. The first-order valence-electron chi connectivity index (χ1n) is 10.8. The molecular formula is C23H24FN5O4. The van der Waals surface area contributed by atoms with Crippen LogP contribution in [0.5, 0.6) is 5.88 Å². The average Bonchev–Trinajstić information content (AvgIpc) is 3.30. The minimum atomic E-state index is -0.659. The minimum Gasteiger partial charge on any atom is -0.477 e. The van der Waals surface area contributed by atoms with E-state index in [-0.39, 0.29) is 18.2 Å². The van der Waals surface area contributed by atoms with E-state index in [1.165, 1.54) is 6.07 Å². The third-order valence-corrected chi connectivity index (χ3v) is 6.02. The van der Waals surface area contributed by atoms with E-state index >= 15 is 4.39 Å². The Balaban J connectivity index is 1.54. The second-order valence-corrected chi connectivity index (χ2v) is 8.14. The van der Waals surface area contributed by atoms with E-state index in [0.717, 1.165) is 11.1 Å². The van der Waals surface area contributed by atoms with E-state index in [1.807, 2.05) is 13.8 Å². The van der Waals surface area contributed by atoms with Crippen molar-refractivity contribution in [3.05, 3.63) is 52.5 Å². The van der Waals surface area contributed by atoms with Crippen molar-refractivity contribution >= 4 is 22.6 Å². The first kappa shape index (κ1) is 21.5. The second-order valence-electron chi connectivity index (χ2n) is 8.14. The number of nitrogens with two attached hydrogens (primary N) is 1. The fourth-order valence-electron chi connectivity index (χ4n) is 4.42. The summed E-state index contributed by atoms with van der Waals surface area (Å²) < 4.78 is 31.7. The molecule has 10 heteroatoms. The van der Waals surface area contributed by atoms with Crippen molar-refractivity contribution < 1.29 is 23.4 Å². The number of hydrogen-bond donors (Lipinski definition) is 1. The highest BCUT2D eigenvalue weighted by molar-refractivity contribution is 6.00. The number of hydrogen-bond acceptors (Lipinski definition) is 8. The highest BCUT2D eigenvalue weighted by Crippen LogP contribution is 2.34. The zero-order valence-electron chi connectivity index (χ0n) is 18.4. The molecule has 0 spiro atoms. The Kier molecular flexibility index (Phi) is 5.55. The number of pyridine rings is 1. The normalized spacial score (nSPS) is 20.2. The van der Waals surface area contributed by atoms with Crippen LogP contribution in [0.25, 0.3) is 10.9 Å². The number of nitrogen functional groups attached to an aromatic ring is 1. The van der Waals surface area contributed by atoms with Gasteiger partial charge in [0.2, 0.25) is 5.88 Å². The second kappa shape index (κ2) is 8.53. The molecule has 2 aromatic heterocycles. The van der Waals surface area contributed by atoms with Gasteiger partial charge in [-0.05, 0) is 31.5 Å². The molecule has 1 amide bonds. The monoisotopic (exact) mass is 453 g/mol.